The molecule has 0 N–H and O–H groups in total. The largest absolute Gasteiger partial charge is 0.352 e. The van der Waals surface area contributed by atoms with Crippen LogP contribution >= 0.6 is 0 Å². The first-order chi connectivity index (χ1) is 17.8. The molecule has 1 fully saturated rings. The molecule has 0 aromatic carbocycles. The Morgan fingerprint density at radius 3 is 2.59 bits per heavy atom. The molecule has 194 valence electrons. The topological polar surface area (TPSA) is 113 Å². The number of imidazole rings is 1. The summed E-state index contributed by atoms with van der Waals surface area (Å²) in [5.74, 6) is 0.0542. The molecule has 3 atom stereocenters. The van der Waals surface area contributed by atoms with Crippen molar-refractivity contribution in [3.63, 3.8) is 0 Å². The van der Waals surface area contributed by atoms with Crippen LogP contribution in [0, 0.1) is 24.2 Å². The van der Waals surface area contributed by atoms with Crippen LogP contribution in [0.3, 0.4) is 0 Å². The van der Waals surface area contributed by atoms with Gasteiger partial charge in [-0.3, -0.25) is 9.47 Å². The van der Waals surface area contributed by atoms with Gasteiger partial charge in [-0.1, -0.05) is 13.8 Å². The number of halogens is 1. The Bertz CT molecular complexity index is 1560. The minimum absolute atomic E-state index is 0.0591. The van der Waals surface area contributed by atoms with Crippen LogP contribution in [0.4, 0.5) is 10.3 Å². The minimum atomic E-state index is -0.442. The predicted octanol–water partition coefficient (Wildman–Crippen LogP) is 2.42. The standard InChI is InChI=1S/C25H31FN10O/c1-6-18-14-34(24-29-25(37)32(5)22-12-17(10-11-27)30-36(22)24)19(7-2)13-33(18)16(4)20-8-9-21-28-15(3)23(26)35(21)31-20/h8-9,12,16,18-19H,6-7,10,13-14H2,1-5H3/t16-,18+,19-/m0/s1. The molecule has 37 heavy (non-hydrogen) atoms. The van der Waals surface area contributed by atoms with E-state index in [1.54, 1.807) is 30.6 Å². The van der Waals surface area contributed by atoms with Gasteiger partial charge in [0.05, 0.1) is 35.6 Å². The van der Waals surface area contributed by atoms with Crippen molar-refractivity contribution in [2.75, 3.05) is 18.0 Å². The van der Waals surface area contributed by atoms with E-state index in [2.05, 4.69) is 56.8 Å². The van der Waals surface area contributed by atoms with Gasteiger partial charge in [-0.05, 0) is 38.8 Å². The third-order valence-corrected chi connectivity index (χ3v) is 7.48. The first-order valence-corrected chi connectivity index (χ1v) is 12.6. The maximum Gasteiger partial charge on any atom is 0.352 e. The van der Waals surface area contributed by atoms with Crippen LogP contribution < -0.4 is 10.6 Å². The van der Waals surface area contributed by atoms with Crippen molar-refractivity contribution in [2.24, 2.45) is 7.05 Å². The van der Waals surface area contributed by atoms with Gasteiger partial charge in [-0.2, -0.15) is 33.9 Å². The molecule has 12 heteroatoms. The van der Waals surface area contributed by atoms with E-state index in [0.717, 1.165) is 18.5 Å². The number of aromatic nitrogens is 7. The number of nitrogens with zero attached hydrogens (tertiary/aromatic N) is 10. The van der Waals surface area contributed by atoms with Crippen molar-refractivity contribution in [3.05, 3.63) is 51.7 Å². The van der Waals surface area contributed by atoms with E-state index >= 15 is 0 Å². The summed E-state index contributed by atoms with van der Waals surface area (Å²) in [4.78, 5) is 26.0. The molecule has 0 radical (unpaired) electrons. The van der Waals surface area contributed by atoms with Crippen LogP contribution in [-0.2, 0) is 13.5 Å². The first kappa shape index (κ1) is 24.8. The van der Waals surface area contributed by atoms with Crippen molar-refractivity contribution in [1.82, 2.24) is 38.7 Å². The Labute approximate surface area is 213 Å². The lowest BCUT2D eigenvalue weighted by Gasteiger charge is -2.48. The molecular formula is C25H31FN10O. The minimum Gasteiger partial charge on any atom is -0.335 e. The van der Waals surface area contributed by atoms with Crippen LogP contribution in [0.25, 0.3) is 11.3 Å². The van der Waals surface area contributed by atoms with Gasteiger partial charge in [0.15, 0.2) is 5.65 Å². The van der Waals surface area contributed by atoms with E-state index in [-0.39, 0.29) is 30.2 Å². The molecule has 1 saturated heterocycles. The fraction of sp³-hybridized carbons (Fsp3) is 0.520. The summed E-state index contributed by atoms with van der Waals surface area (Å²) in [6, 6.07) is 7.76. The molecule has 0 unspecified atom stereocenters. The van der Waals surface area contributed by atoms with Gasteiger partial charge in [0.2, 0.25) is 11.9 Å². The summed E-state index contributed by atoms with van der Waals surface area (Å²) in [7, 11) is 1.66. The number of fused-ring (bicyclic) bond motifs is 2. The average Bonchev–Trinajstić information content (AvgIpc) is 3.45. The molecule has 0 bridgehead atoms. The number of nitriles is 1. The quantitative estimate of drug-likeness (QED) is 0.392. The smallest absolute Gasteiger partial charge is 0.335 e. The highest BCUT2D eigenvalue weighted by Gasteiger charge is 2.37. The maximum atomic E-state index is 14.5. The van der Waals surface area contributed by atoms with Crippen molar-refractivity contribution in [1.29, 1.82) is 5.26 Å². The second kappa shape index (κ2) is 9.55. The molecule has 11 nitrogen and oxygen atoms in total. The van der Waals surface area contributed by atoms with Gasteiger partial charge in [0, 0.05) is 38.3 Å². The van der Waals surface area contributed by atoms with E-state index in [0.29, 0.717) is 41.7 Å². The van der Waals surface area contributed by atoms with Gasteiger partial charge in [-0.25, -0.2) is 9.78 Å². The number of anilines is 1. The molecule has 1 aliphatic rings. The maximum absolute atomic E-state index is 14.5. The predicted molar refractivity (Wildman–Crippen MR) is 136 cm³/mol. The van der Waals surface area contributed by atoms with Gasteiger partial charge in [-0.15, -0.1) is 0 Å². The Morgan fingerprint density at radius 2 is 1.89 bits per heavy atom. The van der Waals surface area contributed by atoms with Crippen molar-refractivity contribution < 1.29 is 4.39 Å². The number of hydrogen-bond acceptors (Lipinski definition) is 8. The third-order valence-electron chi connectivity index (χ3n) is 7.48. The summed E-state index contributed by atoms with van der Waals surface area (Å²) >= 11 is 0. The molecule has 4 aromatic rings. The lowest BCUT2D eigenvalue weighted by Crippen LogP contribution is -2.59. The number of aryl methyl sites for hydroxylation is 2. The SMILES string of the molecule is CC[C@H]1CN([C@@H](C)c2ccc3nc(C)c(F)n3n2)[C@H](CC)CN1c1nc(=O)n(C)c2cc(CC#N)nn12. The monoisotopic (exact) mass is 506 g/mol. The van der Waals surface area contributed by atoms with Crippen molar-refractivity contribution >= 4 is 17.2 Å². The Hall–Kier alpha value is -3.85. The summed E-state index contributed by atoms with van der Waals surface area (Å²) < 4.78 is 18.9. The molecular weight excluding hydrogens is 475 g/mol. The summed E-state index contributed by atoms with van der Waals surface area (Å²) in [5.41, 5.74) is 2.43. The van der Waals surface area contributed by atoms with Crippen LogP contribution in [0.5, 0.6) is 0 Å². The fourth-order valence-electron chi connectivity index (χ4n) is 5.29. The highest BCUT2D eigenvalue weighted by atomic mass is 19.1. The molecule has 0 saturated carbocycles. The molecule has 0 aliphatic carbocycles. The summed E-state index contributed by atoms with van der Waals surface area (Å²) in [6.07, 6.45) is 1.85. The zero-order valence-electron chi connectivity index (χ0n) is 21.8. The zero-order chi connectivity index (χ0) is 26.4. The van der Waals surface area contributed by atoms with Crippen molar-refractivity contribution in [2.45, 2.75) is 65.1 Å². The molecule has 0 spiro atoms. The number of hydrogen-bond donors (Lipinski definition) is 0. The van der Waals surface area contributed by atoms with E-state index in [4.69, 9.17) is 5.26 Å². The first-order valence-electron chi connectivity index (χ1n) is 12.6. The van der Waals surface area contributed by atoms with E-state index in [1.165, 1.54) is 9.08 Å². The zero-order valence-corrected chi connectivity index (χ0v) is 21.8. The second-order valence-electron chi connectivity index (χ2n) is 9.66. The van der Waals surface area contributed by atoms with Gasteiger partial charge in [0.1, 0.15) is 5.65 Å². The van der Waals surface area contributed by atoms with Crippen LogP contribution in [-0.4, -0.2) is 63.8 Å². The summed E-state index contributed by atoms with van der Waals surface area (Å²) in [6.45, 7) is 9.34. The molecule has 5 heterocycles. The highest BCUT2D eigenvalue weighted by molar-refractivity contribution is 5.48. The summed E-state index contributed by atoms with van der Waals surface area (Å²) in [5, 5.41) is 18.3. The molecule has 4 aromatic heterocycles. The average molecular weight is 507 g/mol. The van der Waals surface area contributed by atoms with Crippen LogP contribution in [0.1, 0.15) is 56.7 Å². The van der Waals surface area contributed by atoms with Crippen molar-refractivity contribution in [3.8, 4) is 6.07 Å². The Kier molecular flexibility index (Phi) is 6.41. The van der Waals surface area contributed by atoms with E-state index in [1.807, 2.05) is 6.07 Å². The number of rotatable bonds is 6. The van der Waals surface area contributed by atoms with E-state index < -0.39 is 5.95 Å². The Balaban J connectivity index is 1.51. The fourth-order valence-corrected chi connectivity index (χ4v) is 5.29. The molecule has 0 amide bonds. The van der Waals surface area contributed by atoms with Crippen LogP contribution in [0.15, 0.2) is 23.0 Å². The van der Waals surface area contributed by atoms with Gasteiger partial charge >= 0.3 is 5.69 Å². The molecule has 1 aliphatic heterocycles. The normalized spacial score (nSPS) is 19.5. The van der Waals surface area contributed by atoms with Gasteiger partial charge < -0.3 is 4.90 Å². The number of piperazine rings is 1. The lowest BCUT2D eigenvalue weighted by atomic mass is 9.99. The third kappa shape index (κ3) is 4.13. The van der Waals surface area contributed by atoms with E-state index in [9.17, 15) is 9.18 Å². The molecule has 5 rings (SSSR count). The Morgan fingerprint density at radius 1 is 1.14 bits per heavy atom. The van der Waals surface area contributed by atoms with Gasteiger partial charge in [0.25, 0.3) is 0 Å². The highest BCUT2D eigenvalue weighted by Crippen LogP contribution is 2.31. The second-order valence-corrected chi connectivity index (χ2v) is 9.66. The lowest BCUT2D eigenvalue weighted by molar-refractivity contribution is 0.0972. The van der Waals surface area contributed by atoms with Crippen LogP contribution in [0.2, 0.25) is 0 Å².